The molecule has 5 heteroatoms. The molecule has 3 aliphatic rings. The number of ether oxygens (including phenoxy) is 1. The maximum absolute atomic E-state index is 12.6. The van der Waals surface area contributed by atoms with Gasteiger partial charge in [0.1, 0.15) is 0 Å². The lowest BCUT2D eigenvalue weighted by Gasteiger charge is -2.44. The van der Waals surface area contributed by atoms with Crippen LogP contribution in [0.5, 0.6) is 0 Å². The lowest BCUT2D eigenvalue weighted by atomic mass is 9.79. The number of carbonyl (C=O) groups is 1. The highest BCUT2D eigenvalue weighted by molar-refractivity contribution is 5.75. The monoisotopic (exact) mass is 371 g/mol. The van der Waals surface area contributed by atoms with Gasteiger partial charge in [-0.2, -0.15) is 0 Å². The van der Waals surface area contributed by atoms with Crippen molar-refractivity contribution in [2.45, 2.75) is 58.2 Å². The number of benzene rings is 1. The smallest absolute Gasteiger partial charge is 0.315 e. The molecule has 5 nitrogen and oxygen atoms in total. The van der Waals surface area contributed by atoms with Crippen LogP contribution < -0.4 is 10.6 Å². The van der Waals surface area contributed by atoms with Crippen LogP contribution in [0.3, 0.4) is 0 Å². The van der Waals surface area contributed by atoms with Crippen molar-refractivity contribution in [2.24, 2.45) is 10.8 Å². The highest BCUT2D eigenvalue weighted by Gasteiger charge is 2.55. The first kappa shape index (κ1) is 18.8. The quantitative estimate of drug-likeness (QED) is 0.855. The largest absolute Gasteiger partial charge is 0.381 e. The van der Waals surface area contributed by atoms with E-state index in [1.54, 1.807) is 0 Å². The minimum atomic E-state index is 0.0120. The Bertz CT molecular complexity index is 655. The van der Waals surface area contributed by atoms with E-state index in [4.69, 9.17) is 4.74 Å². The average molecular weight is 372 g/mol. The lowest BCUT2D eigenvalue weighted by Crippen LogP contribution is -2.57. The molecule has 1 spiro atoms. The maximum Gasteiger partial charge on any atom is 0.315 e. The highest BCUT2D eigenvalue weighted by atomic mass is 16.5. The van der Waals surface area contributed by atoms with Gasteiger partial charge in [-0.3, -0.25) is 4.90 Å². The Morgan fingerprint density at radius 1 is 1.15 bits per heavy atom. The van der Waals surface area contributed by atoms with Crippen LogP contribution in [0.1, 0.15) is 45.1 Å². The van der Waals surface area contributed by atoms with E-state index in [0.29, 0.717) is 11.5 Å². The van der Waals surface area contributed by atoms with E-state index in [0.717, 1.165) is 58.5 Å². The van der Waals surface area contributed by atoms with Crippen molar-refractivity contribution >= 4 is 6.03 Å². The zero-order chi connectivity index (χ0) is 18.9. The SMILES string of the molecule is CC1(C)CN(Cc2ccccc2)CCC1NC(=O)NC1CC12CCOCC2. The zero-order valence-corrected chi connectivity index (χ0v) is 16.7. The van der Waals surface area contributed by atoms with Crippen molar-refractivity contribution in [1.29, 1.82) is 0 Å². The summed E-state index contributed by atoms with van der Waals surface area (Å²) in [5.41, 5.74) is 1.74. The van der Waals surface area contributed by atoms with Crippen molar-refractivity contribution in [1.82, 2.24) is 15.5 Å². The molecule has 4 rings (SSSR count). The van der Waals surface area contributed by atoms with Gasteiger partial charge in [0.05, 0.1) is 0 Å². The first-order chi connectivity index (χ1) is 13.0. The summed E-state index contributed by atoms with van der Waals surface area (Å²) in [4.78, 5) is 15.1. The second kappa shape index (κ2) is 7.44. The van der Waals surface area contributed by atoms with E-state index < -0.39 is 0 Å². The molecule has 1 aromatic carbocycles. The second-order valence-corrected chi connectivity index (χ2v) is 9.38. The summed E-state index contributed by atoms with van der Waals surface area (Å²) in [5, 5.41) is 6.51. The molecule has 2 saturated heterocycles. The Labute approximate surface area is 162 Å². The van der Waals surface area contributed by atoms with Crippen LogP contribution >= 0.6 is 0 Å². The molecule has 2 heterocycles. The number of piperidine rings is 1. The molecule has 2 N–H and O–H groups in total. The van der Waals surface area contributed by atoms with Gasteiger partial charge in [0.25, 0.3) is 0 Å². The van der Waals surface area contributed by atoms with E-state index >= 15 is 0 Å². The number of hydrogen-bond donors (Lipinski definition) is 2. The topological polar surface area (TPSA) is 53.6 Å². The third-order valence-corrected chi connectivity index (χ3v) is 6.85. The van der Waals surface area contributed by atoms with Crippen LogP contribution in [-0.2, 0) is 11.3 Å². The molecule has 0 bridgehead atoms. The Morgan fingerprint density at radius 3 is 2.56 bits per heavy atom. The molecule has 3 fully saturated rings. The summed E-state index contributed by atoms with van der Waals surface area (Å²) in [5.74, 6) is 0. The summed E-state index contributed by atoms with van der Waals surface area (Å²) in [7, 11) is 0. The summed E-state index contributed by atoms with van der Waals surface area (Å²) in [6.07, 6.45) is 4.28. The predicted molar refractivity (Wildman–Crippen MR) is 106 cm³/mol. The zero-order valence-electron chi connectivity index (χ0n) is 16.7. The van der Waals surface area contributed by atoms with E-state index in [1.165, 1.54) is 5.56 Å². The highest BCUT2D eigenvalue weighted by Crippen LogP contribution is 2.53. The minimum absolute atomic E-state index is 0.0120. The first-order valence-electron chi connectivity index (χ1n) is 10.4. The summed E-state index contributed by atoms with van der Waals surface area (Å²) >= 11 is 0. The fourth-order valence-electron chi connectivity index (χ4n) is 4.95. The van der Waals surface area contributed by atoms with Crippen molar-refractivity contribution in [2.75, 3.05) is 26.3 Å². The molecule has 2 unspecified atom stereocenters. The molecule has 148 valence electrons. The van der Waals surface area contributed by atoms with Gasteiger partial charge in [-0.05, 0) is 42.1 Å². The van der Waals surface area contributed by atoms with Gasteiger partial charge in [-0.1, -0.05) is 44.2 Å². The summed E-state index contributed by atoms with van der Waals surface area (Å²) in [6, 6.07) is 11.2. The van der Waals surface area contributed by atoms with Gasteiger partial charge in [-0.15, -0.1) is 0 Å². The van der Waals surface area contributed by atoms with Crippen LogP contribution in [0.2, 0.25) is 0 Å². The summed E-state index contributed by atoms with van der Waals surface area (Å²) < 4.78 is 5.47. The van der Waals surface area contributed by atoms with Gasteiger partial charge in [-0.25, -0.2) is 4.79 Å². The molecule has 2 atom stereocenters. The fourth-order valence-corrected chi connectivity index (χ4v) is 4.95. The third-order valence-electron chi connectivity index (χ3n) is 6.85. The van der Waals surface area contributed by atoms with Gasteiger partial charge >= 0.3 is 6.03 Å². The molecule has 2 amide bonds. The van der Waals surface area contributed by atoms with Gasteiger partial charge in [0.2, 0.25) is 0 Å². The van der Waals surface area contributed by atoms with Crippen LogP contribution in [0.4, 0.5) is 4.79 Å². The van der Waals surface area contributed by atoms with Crippen LogP contribution in [0.15, 0.2) is 30.3 Å². The number of likely N-dealkylation sites (tertiary alicyclic amines) is 1. The lowest BCUT2D eigenvalue weighted by molar-refractivity contribution is 0.0543. The Morgan fingerprint density at radius 2 is 1.85 bits per heavy atom. The molecule has 0 radical (unpaired) electrons. The third kappa shape index (κ3) is 4.30. The maximum atomic E-state index is 12.6. The number of nitrogens with zero attached hydrogens (tertiary/aromatic N) is 1. The van der Waals surface area contributed by atoms with E-state index in [-0.39, 0.29) is 17.5 Å². The molecule has 1 aliphatic carbocycles. The van der Waals surface area contributed by atoms with Crippen molar-refractivity contribution < 1.29 is 9.53 Å². The molecule has 27 heavy (non-hydrogen) atoms. The fraction of sp³-hybridized carbons (Fsp3) is 0.682. The van der Waals surface area contributed by atoms with Gasteiger partial charge in [0.15, 0.2) is 0 Å². The molecule has 1 aromatic rings. The molecular formula is C22H33N3O2. The number of urea groups is 1. The Hall–Kier alpha value is -1.59. The number of hydrogen-bond acceptors (Lipinski definition) is 3. The molecule has 2 aliphatic heterocycles. The Kier molecular flexibility index (Phi) is 5.17. The molecule has 1 saturated carbocycles. The van der Waals surface area contributed by atoms with Crippen LogP contribution in [0.25, 0.3) is 0 Å². The molecule has 0 aromatic heterocycles. The number of nitrogens with one attached hydrogen (secondary N) is 2. The van der Waals surface area contributed by atoms with Crippen LogP contribution in [-0.4, -0.2) is 49.3 Å². The van der Waals surface area contributed by atoms with Gasteiger partial charge in [0, 0.05) is 44.9 Å². The Balaban J connectivity index is 1.26. The molecular weight excluding hydrogens is 338 g/mol. The minimum Gasteiger partial charge on any atom is -0.381 e. The average Bonchev–Trinajstić information content (AvgIpc) is 3.28. The van der Waals surface area contributed by atoms with Crippen LogP contribution in [0, 0.1) is 10.8 Å². The first-order valence-corrected chi connectivity index (χ1v) is 10.4. The number of rotatable bonds is 4. The number of carbonyl (C=O) groups excluding carboxylic acids is 1. The van der Waals surface area contributed by atoms with E-state index in [9.17, 15) is 4.79 Å². The van der Waals surface area contributed by atoms with Crippen molar-refractivity contribution in [3.63, 3.8) is 0 Å². The second-order valence-electron chi connectivity index (χ2n) is 9.38. The van der Waals surface area contributed by atoms with E-state index in [2.05, 4.69) is 59.7 Å². The van der Waals surface area contributed by atoms with E-state index in [1.807, 2.05) is 0 Å². The standard InChI is InChI=1S/C22H33N3O2/c1-21(2)16-25(15-17-6-4-3-5-7-17)11-8-18(21)23-20(26)24-19-14-22(19)9-12-27-13-10-22/h3-7,18-19H,8-16H2,1-2H3,(H2,23,24,26). The number of amides is 2. The van der Waals surface area contributed by atoms with Crippen molar-refractivity contribution in [3.05, 3.63) is 35.9 Å². The van der Waals surface area contributed by atoms with Crippen molar-refractivity contribution in [3.8, 4) is 0 Å². The summed E-state index contributed by atoms with van der Waals surface area (Å²) in [6.45, 7) is 9.22. The predicted octanol–water partition coefficient (Wildman–Crippen LogP) is 3.16. The van der Waals surface area contributed by atoms with Gasteiger partial charge < -0.3 is 15.4 Å². The normalized spacial score (nSPS) is 29.3.